The molecule has 1 aliphatic heterocycles. The Hall–Kier alpha value is -1.02. The van der Waals surface area contributed by atoms with Crippen LogP contribution in [0.25, 0.3) is 0 Å². The van der Waals surface area contributed by atoms with Crippen molar-refractivity contribution >= 4 is 5.69 Å². The number of piperidine rings is 1. The molecule has 1 heterocycles. The Kier molecular flexibility index (Phi) is 5.06. The van der Waals surface area contributed by atoms with Gasteiger partial charge in [0.1, 0.15) is 0 Å². The van der Waals surface area contributed by atoms with E-state index >= 15 is 0 Å². The number of hydrogen-bond acceptors (Lipinski definition) is 2. The topological polar surface area (TPSA) is 15.3 Å². The van der Waals surface area contributed by atoms with Crippen LogP contribution in [0, 0.1) is 6.92 Å². The monoisotopic (exact) mass is 246 g/mol. The lowest BCUT2D eigenvalue weighted by atomic mass is 10.0. The molecule has 0 bridgehead atoms. The third-order valence-corrected chi connectivity index (χ3v) is 3.94. The van der Waals surface area contributed by atoms with Crippen molar-refractivity contribution in [2.24, 2.45) is 0 Å². The molecular weight excluding hydrogens is 220 g/mol. The number of anilines is 1. The molecule has 1 N–H and O–H groups in total. The maximum Gasteiger partial charge on any atom is 0.0366 e. The van der Waals surface area contributed by atoms with Crippen LogP contribution in [-0.2, 0) is 0 Å². The predicted molar refractivity (Wildman–Crippen MR) is 79.3 cm³/mol. The highest BCUT2D eigenvalue weighted by atomic mass is 15.1. The van der Waals surface area contributed by atoms with Crippen LogP contribution in [0.3, 0.4) is 0 Å². The van der Waals surface area contributed by atoms with E-state index in [2.05, 4.69) is 48.3 Å². The van der Waals surface area contributed by atoms with E-state index in [0.29, 0.717) is 0 Å². The van der Waals surface area contributed by atoms with Gasteiger partial charge in [0, 0.05) is 24.8 Å². The Labute approximate surface area is 111 Å². The molecule has 1 aromatic rings. The quantitative estimate of drug-likeness (QED) is 0.857. The Bertz CT molecular complexity index is 339. The molecular formula is C16H26N2. The van der Waals surface area contributed by atoms with Crippen LogP contribution < -0.4 is 10.2 Å². The summed E-state index contributed by atoms with van der Waals surface area (Å²) in [6, 6.07) is 9.63. The third kappa shape index (κ3) is 3.74. The fraction of sp³-hybridized carbons (Fsp3) is 0.625. The summed E-state index contributed by atoms with van der Waals surface area (Å²) in [5.41, 5.74) is 2.70. The highest BCUT2D eigenvalue weighted by Gasteiger charge is 2.13. The van der Waals surface area contributed by atoms with Crippen molar-refractivity contribution in [2.75, 3.05) is 24.5 Å². The van der Waals surface area contributed by atoms with Crippen LogP contribution in [0.1, 0.15) is 38.2 Å². The van der Waals surface area contributed by atoms with E-state index in [1.807, 2.05) is 0 Å². The summed E-state index contributed by atoms with van der Waals surface area (Å²) in [7, 11) is 0. The molecule has 1 fully saturated rings. The maximum absolute atomic E-state index is 3.63. The van der Waals surface area contributed by atoms with Gasteiger partial charge in [0.25, 0.3) is 0 Å². The third-order valence-electron chi connectivity index (χ3n) is 3.94. The van der Waals surface area contributed by atoms with E-state index in [-0.39, 0.29) is 0 Å². The van der Waals surface area contributed by atoms with Crippen LogP contribution in [0.15, 0.2) is 24.3 Å². The molecule has 1 saturated heterocycles. The average molecular weight is 246 g/mol. The van der Waals surface area contributed by atoms with E-state index in [1.165, 1.54) is 43.5 Å². The molecule has 0 radical (unpaired) electrons. The number of nitrogens with zero attached hydrogens (tertiary/aromatic N) is 1. The standard InChI is InChI=1S/C16H26N2/c1-3-18(16-9-7-14(2)8-10-16)13-11-15-6-4-5-12-17-15/h7-10,15,17H,3-6,11-13H2,1-2H3. The largest absolute Gasteiger partial charge is 0.372 e. The second kappa shape index (κ2) is 6.79. The van der Waals surface area contributed by atoms with Gasteiger partial charge in [0.05, 0.1) is 0 Å². The van der Waals surface area contributed by atoms with Crippen molar-refractivity contribution < 1.29 is 0 Å². The van der Waals surface area contributed by atoms with Crippen molar-refractivity contribution in [1.82, 2.24) is 5.32 Å². The molecule has 1 unspecified atom stereocenters. The molecule has 0 spiro atoms. The second-order valence-corrected chi connectivity index (χ2v) is 5.35. The number of nitrogens with one attached hydrogen (secondary N) is 1. The highest BCUT2D eigenvalue weighted by Crippen LogP contribution is 2.17. The van der Waals surface area contributed by atoms with Gasteiger partial charge < -0.3 is 10.2 Å². The van der Waals surface area contributed by atoms with E-state index < -0.39 is 0 Å². The second-order valence-electron chi connectivity index (χ2n) is 5.35. The van der Waals surface area contributed by atoms with Crippen molar-refractivity contribution in [2.45, 2.75) is 45.6 Å². The lowest BCUT2D eigenvalue weighted by Crippen LogP contribution is -2.37. The van der Waals surface area contributed by atoms with Crippen molar-refractivity contribution in [3.8, 4) is 0 Å². The van der Waals surface area contributed by atoms with E-state index in [9.17, 15) is 0 Å². The van der Waals surface area contributed by atoms with Gasteiger partial charge in [0.15, 0.2) is 0 Å². The van der Waals surface area contributed by atoms with Gasteiger partial charge in [-0.1, -0.05) is 24.1 Å². The number of benzene rings is 1. The highest BCUT2D eigenvalue weighted by molar-refractivity contribution is 5.47. The molecule has 0 saturated carbocycles. The predicted octanol–water partition coefficient (Wildman–Crippen LogP) is 3.35. The number of hydrogen-bond donors (Lipinski definition) is 1. The normalized spacial score (nSPS) is 19.8. The molecule has 0 aromatic heterocycles. The SMILES string of the molecule is CCN(CCC1CCCCN1)c1ccc(C)cc1. The van der Waals surface area contributed by atoms with Crippen LogP contribution >= 0.6 is 0 Å². The Morgan fingerprint density at radius 3 is 2.61 bits per heavy atom. The minimum absolute atomic E-state index is 0.734. The molecule has 1 aliphatic rings. The summed E-state index contributed by atoms with van der Waals surface area (Å²) in [6.45, 7) is 7.86. The lowest BCUT2D eigenvalue weighted by molar-refractivity contribution is 0.383. The zero-order valence-electron chi connectivity index (χ0n) is 11.8. The molecule has 2 nitrogen and oxygen atoms in total. The van der Waals surface area contributed by atoms with Gasteiger partial charge in [-0.25, -0.2) is 0 Å². The molecule has 2 rings (SSSR count). The molecule has 18 heavy (non-hydrogen) atoms. The van der Waals surface area contributed by atoms with Crippen LogP contribution in [0.2, 0.25) is 0 Å². The molecule has 1 aromatic carbocycles. The average Bonchev–Trinajstić information content (AvgIpc) is 2.42. The first-order valence-electron chi connectivity index (χ1n) is 7.34. The smallest absolute Gasteiger partial charge is 0.0366 e. The minimum atomic E-state index is 0.734. The van der Waals surface area contributed by atoms with Gasteiger partial charge in [-0.05, 0) is 51.8 Å². The first-order chi connectivity index (χ1) is 8.79. The Morgan fingerprint density at radius 1 is 1.22 bits per heavy atom. The van der Waals surface area contributed by atoms with Gasteiger partial charge >= 0.3 is 0 Å². The number of aryl methyl sites for hydroxylation is 1. The molecule has 1 atom stereocenters. The summed E-state index contributed by atoms with van der Waals surface area (Å²) in [5, 5.41) is 3.63. The molecule has 0 aliphatic carbocycles. The Balaban J connectivity index is 1.86. The number of rotatable bonds is 5. The van der Waals surface area contributed by atoms with Gasteiger partial charge in [-0.3, -0.25) is 0 Å². The van der Waals surface area contributed by atoms with Gasteiger partial charge in [0.2, 0.25) is 0 Å². The zero-order valence-corrected chi connectivity index (χ0v) is 11.8. The fourth-order valence-corrected chi connectivity index (χ4v) is 2.71. The summed E-state index contributed by atoms with van der Waals surface area (Å²) >= 11 is 0. The van der Waals surface area contributed by atoms with Crippen molar-refractivity contribution in [1.29, 1.82) is 0 Å². The first-order valence-corrected chi connectivity index (χ1v) is 7.34. The maximum atomic E-state index is 3.63. The van der Waals surface area contributed by atoms with Gasteiger partial charge in [-0.2, -0.15) is 0 Å². The van der Waals surface area contributed by atoms with Crippen molar-refractivity contribution in [3.63, 3.8) is 0 Å². The molecule has 2 heteroatoms. The van der Waals surface area contributed by atoms with Crippen molar-refractivity contribution in [3.05, 3.63) is 29.8 Å². The van der Waals surface area contributed by atoms with E-state index in [1.54, 1.807) is 0 Å². The summed E-state index contributed by atoms with van der Waals surface area (Å²) in [5.74, 6) is 0. The van der Waals surface area contributed by atoms with Crippen LogP contribution in [0.4, 0.5) is 5.69 Å². The van der Waals surface area contributed by atoms with E-state index in [4.69, 9.17) is 0 Å². The summed E-state index contributed by atoms with van der Waals surface area (Å²) < 4.78 is 0. The molecule has 0 amide bonds. The van der Waals surface area contributed by atoms with Gasteiger partial charge in [-0.15, -0.1) is 0 Å². The minimum Gasteiger partial charge on any atom is -0.372 e. The van der Waals surface area contributed by atoms with Crippen LogP contribution in [0.5, 0.6) is 0 Å². The zero-order chi connectivity index (χ0) is 12.8. The molecule has 100 valence electrons. The summed E-state index contributed by atoms with van der Waals surface area (Å²) in [6.07, 6.45) is 5.37. The Morgan fingerprint density at radius 2 is 2.00 bits per heavy atom. The summed E-state index contributed by atoms with van der Waals surface area (Å²) in [4.78, 5) is 2.48. The van der Waals surface area contributed by atoms with E-state index in [0.717, 1.165) is 19.1 Å². The fourth-order valence-electron chi connectivity index (χ4n) is 2.71. The van der Waals surface area contributed by atoms with Crippen LogP contribution in [-0.4, -0.2) is 25.7 Å². The lowest BCUT2D eigenvalue weighted by Gasteiger charge is -2.28. The first kappa shape index (κ1) is 13.4.